The van der Waals surface area contributed by atoms with Gasteiger partial charge in [-0.15, -0.1) is 0 Å². The molecule has 0 radical (unpaired) electrons. The van der Waals surface area contributed by atoms with Gasteiger partial charge in [-0.3, -0.25) is 0 Å². The fraction of sp³-hybridized carbons (Fsp3) is 0.0909. The molecule has 0 fully saturated rings. The Balaban J connectivity index is 2.09. The minimum Gasteiger partial charge on any atom is -0.0940 e. The molecular formula is C22H18. The molecule has 1 atom stereocenters. The first-order valence-corrected chi connectivity index (χ1v) is 7.67. The molecule has 0 amide bonds. The van der Waals surface area contributed by atoms with Gasteiger partial charge in [-0.05, 0) is 40.3 Å². The molecule has 0 spiro atoms. The van der Waals surface area contributed by atoms with Crippen molar-refractivity contribution >= 4 is 5.57 Å². The van der Waals surface area contributed by atoms with E-state index in [1.807, 2.05) is 0 Å². The first kappa shape index (κ1) is 13.1. The van der Waals surface area contributed by atoms with Crippen molar-refractivity contribution in [3.05, 3.63) is 102 Å². The lowest BCUT2D eigenvalue weighted by Gasteiger charge is -2.39. The average Bonchev–Trinajstić information content (AvgIpc) is 2.60. The molecule has 4 rings (SSSR count). The Morgan fingerprint density at radius 1 is 0.636 bits per heavy atom. The molecule has 0 heteroatoms. The standard InChI is InChI=1S/C22H18/c1-16-18-12-6-7-13-19(18)20-14-8-9-15-21(20)22(16,2)17-10-4-3-5-11-17/h3-15H,1H2,2H3. The molecule has 0 saturated carbocycles. The van der Waals surface area contributed by atoms with Gasteiger partial charge in [0.1, 0.15) is 0 Å². The topological polar surface area (TPSA) is 0 Å². The maximum atomic E-state index is 4.48. The molecule has 1 aliphatic carbocycles. The van der Waals surface area contributed by atoms with Crippen LogP contribution in [0, 0.1) is 0 Å². The van der Waals surface area contributed by atoms with E-state index in [2.05, 4.69) is 92.4 Å². The maximum Gasteiger partial charge on any atom is 0.0429 e. The van der Waals surface area contributed by atoms with Gasteiger partial charge in [0.15, 0.2) is 0 Å². The van der Waals surface area contributed by atoms with Crippen LogP contribution < -0.4 is 0 Å². The predicted octanol–water partition coefficient (Wildman–Crippen LogP) is 5.69. The SMILES string of the molecule is C=C1c2ccccc2-c2ccccc2C1(C)c1ccccc1. The van der Waals surface area contributed by atoms with E-state index < -0.39 is 0 Å². The van der Waals surface area contributed by atoms with E-state index in [0.717, 1.165) is 0 Å². The molecule has 0 bridgehead atoms. The summed E-state index contributed by atoms with van der Waals surface area (Å²) in [5.74, 6) is 0. The van der Waals surface area contributed by atoms with Crippen LogP contribution in [0.25, 0.3) is 16.7 Å². The summed E-state index contributed by atoms with van der Waals surface area (Å²) in [6.45, 7) is 6.78. The molecule has 22 heavy (non-hydrogen) atoms. The molecule has 0 heterocycles. The molecule has 0 aromatic heterocycles. The van der Waals surface area contributed by atoms with Gasteiger partial charge in [-0.1, -0.05) is 85.4 Å². The molecule has 0 N–H and O–H groups in total. The maximum absolute atomic E-state index is 4.48. The summed E-state index contributed by atoms with van der Waals surface area (Å²) in [5, 5.41) is 0. The highest BCUT2D eigenvalue weighted by molar-refractivity contribution is 5.94. The third-order valence-corrected chi connectivity index (χ3v) is 4.96. The van der Waals surface area contributed by atoms with Gasteiger partial charge in [-0.25, -0.2) is 0 Å². The highest BCUT2D eigenvalue weighted by Gasteiger charge is 2.38. The van der Waals surface area contributed by atoms with E-state index >= 15 is 0 Å². The normalized spacial score (nSPS) is 19.4. The van der Waals surface area contributed by atoms with Crippen molar-refractivity contribution in [3.8, 4) is 11.1 Å². The predicted molar refractivity (Wildman–Crippen MR) is 93.8 cm³/mol. The zero-order valence-electron chi connectivity index (χ0n) is 12.7. The fourth-order valence-corrected chi connectivity index (χ4v) is 3.67. The lowest BCUT2D eigenvalue weighted by Crippen LogP contribution is -2.29. The molecule has 0 aliphatic heterocycles. The van der Waals surface area contributed by atoms with E-state index in [1.54, 1.807) is 0 Å². The van der Waals surface area contributed by atoms with Crippen molar-refractivity contribution in [3.63, 3.8) is 0 Å². The average molecular weight is 282 g/mol. The summed E-state index contributed by atoms with van der Waals surface area (Å²) < 4.78 is 0. The van der Waals surface area contributed by atoms with E-state index in [1.165, 1.54) is 33.4 Å². The van der Waals surface area contributed by atoms with Crippen LogP contribution in [0.1, 0.15) is 23.6 Å². The Bertz CT molecular complexity index is 858. The summed E-state index contributed by atoms with van der Waals surface area (Å²) in [6, 6.07) is 28.0. The van der Waals surface area contributed by atoms with Crippen LogP contribution in [0.15, 0.2) is 85.4 Å². The number of rotatable bonds is 1. The first-order valence-electron chi connectivity index (χ1n) is 7.67. The Morgan fingerprint density at radius 3 is 1.91 bits per heavy atom. The van der Waals surface area contributed by atoms with Gasteiger partial charge in [0.25, 0.3) is 0 Å². The van der Waals surface area contributed by atoms with Crippen molar-refractivity contribution < 1.29 is 0 Å². The summed E-state index contributed by atoms with van der Waals surface area (Å²) >= 11 is 0. The van der Waals surface area contributed by atoms with E-state index in [9.17, 15) is 0 Å². The van der Waals surface area contributed by atoms with Crippen LogP contribution in [-0.4, -0.2) is 0 Å². The van der Waals surface area contributed by atoms with Crippen LogP contribution in [-0.2, 0) is 5.41 Å². The van der Waals surface area contributed by atoms with Crippen molar-refractivity contribution in [2.24, 2.45) is 0 Å². The third kappa shape index (κ3) is 1.64. The molecule has 1 unspecified atom stereocenters. The summed E-state index contributed by atoms with van der Waals surface area (Å²) in [4.78, 5) is 0. The molecular weight excluding hydrogens is 264 g/mol. The zero-order chi connectivity index (χ0) is 15.2. The van der Waals surface area contributed by atoms with Gasteiger partial charge >= 0.3 is 0 Å². The second kappa shape index (κ2) is 4.71. The number of hydrogen-bond acceptors (Lipinski definition) is 0. The lowest BCUT2D eigenvalue weighted by atomic mass is 9.63. The number of benzene rings is 3. The number of fused-ring (bicyclic) bond motifs is 3. The highest BCUT2D eigenvalue weighted by atomic mass is 14.4. The van der Waals surface area contributed by atoms with E-state index in [-0.39, 0.29) is 5.41 Å². The Kier molecular flexibility index (Phi) is 2.80. The van der Waals surface area contributed by atoms with Crippen LogP contribution in [0.5, 0.6) is 0 Å². The molecule has 106 valence electrons. The molecule has 3 aromatic rings. The van der Waals surface area contributed by atoms with Crippen molar-refractivity contribution in [1.82, 2.24) is 0 Å². The minimum absolute atomic E-state index is 0.188. The van der Waals surface area contributed by atoms with Gasteiger partial charge in [0.05, 0.1) is 0 Å². The molecule has 0 nitrogen and oxygen atoms in total. The summed E-state index contributed by atoms with van der Waals surface area (Å²) in [7, 11) is 0. The minimum atomic E-state index is -0.188. The van der Waals surface area contributed by atoms with Crippen LogP contribution in [0.3, 0.4) is 0 Å². The molecule has 0 saturated heterocycles. The third-order valence-electron chi connectivity index (χ3n) is 4.96. The van der Waals surface area contributed by atoms with Gasteiger partial charge in [0, 0.05) is 5.41 Å². The van der Waals surface area contributed by atoms with Gasteiger partial charge in [-0.2, -0.15) is 0 Å². The lowest BCUT2D eigenvalue weighted by molar-refractivity contribution is 0.743. The monoisotopic (exact) mass is 282 g/mol. The van der Waals surface area contributed by atoms with Crippen molar-refractivity contribution in [2.75, 3.05) is 0 Å². The van der Waals surface area contributed by atoms with E-state index in [0.29, 0.717) is 0 Å². The molecule has 3 aromatic carbocycles. The Morgan fingerprint density at radius 2 is 1.18 bits per heavy atom. The van der Waals surface area contributed by atoms with Crippen molar-refractivity contribution in [2.45, 2.75) is 12.3 Å². The van der Waals surface area contributed by atoms with Crippen LogP contribution in [0.2, 0.25) is 0 Å². The zero-order valence-corrected chi connectivity index (χ0v) is 12.7. The largest absolute Gasteiger partial charge is 0.0940 e. The molecule has 1 aliphatic rings. The Labute approximate surface area is 131 Å². The summed E-state index contributed by atoms with van der Waals surface area (Å²) in [6.07, 6.45) is 0. The smallest absolute Gasteiger partial charge is 0.0429 e. The van der Waals surface area contributed by atoms with E-state index in [4.69, 9.17) is 0 Å². The first-order chi connectivity index (χ1) is 10.7. The number of allylic oxidation sites excluding steroid dienone is 1. The van der Waals surface area contributed by atoms with Crippen LogP contribution >= 0.6 is 0 Å². The number of hydrogen-bond donors (Lipinski definition) is 0. The second-order valence-corrected chi connectivity index (χ2v) is 6.06. The van der Waals surface area contributed by atoms with Gasteiger partial charge < -0.3 is 0 Å². The van der Waals surface area contributed by atoms with Crippen molar-refractivity contribution in [1.29, 1.82) is 0 Å². The fourth-order valence-electron chi connectivity index (χ4n) is 3.67. The highest BCUT2D eigenvalue weighted by Crippen LogP contribution is 2.52. The summed E-state index contributed by atoms with van der Waals surface area (Å²) in [5.41, 5.74) is 7.48. The Hall–Kier alpha value is -2.60. The second-order valence-electron chi connectivity index (χ2n) is 6.06. The quantitative estimate of drug-likeness (QED) is 0.538. The van der Waals surface area contributed by atoms with Gasteiger partial charge in [0.2, 0.25) is 0 Å². The van der Waals surface area contributed by atoms with Crippen LogP contribution in [0.4, 0.5) is 0 Å².